The number of benzene rings is 1. The third-order valence-electron chi connectivity index (χ3n) is 3.25. The summed E-state index contributed by atoms with van der Waals surface area (Å²) in [6.07, 6.45) is 5.27. The average molecular weight is 356 g/mol. The number of carbonyl (C=O) groups is 1. The van der Waals surface area contributed by atoms with Crippen molar-refractivity contribution in [1.29, 1.82) is 0 Å². The van der Waals surface area contributed by atoms with Crippen LogP contribution in [0.5, 0.6) is 5.75 Å². The van der Waals surface area contributed by atoms with Gasteiger partial charge in [-0.15, -0.1) is 0 Å². The molecule has 1 aliphatic heterocycles. The second-order valence-electron chi connectivity index (χ2n) is 5.46. The van der Waals surface area contributed by atoms with Crippen LogP contribution in [0.1, 0.15) is 19.4 Å². The fourth-order valence-corrected chi connectivity index (χ4v) is 3.54. The molecule has 6 heteroatoms. The first-order valence-corrected chi connectivity index (χ1v) is 8.72. The first-order valence-electron chi connectivity index (χ1n) is 7.49. The summed E-state index contributed by atoms with van der Waals surface area (Å²) in [5.74, 6) is 0.686. The standard InChI is InChI=1S/C18H16N2O2S2/c1-12(2)22-15-7-5-13(6-8-15)10-16-17(21)20(18(23)24-16)14-4-3-9-19-11-14/h3-12H,1-2H3. The lowest BCUT2D eigenvalue weighted by Gasteiger charge is -2.13. The van der Waals surface area contributed by atoms with Gasteiger partial charge in [0.15, 0.2) is 4.32 Å². The Morgan fingerprint density at radius 1 is 1.25 bits per heavy atom. The number of hydrogen-bond acceptors (Lipinski definition) is 5. The third-order valence-corrected chi connectivity index (χ3v) is 4.55. The summed E-state index contributed by atoms with van der Waals surface area (Å²) in [6.45, 7) is 3.97. The fourth-order valence-electron chi connectivity index (χ4n) is 2.24. The van der Waals surface area contributed by atoms with Gasteiger partial charge in [-0.1, -0.05) is 36.1 Å². The molecule has 0 aliphatic carbocycles. The Bertz CT molecular complexity index is 786. The third kappa shape index (κ3) is 3.66. The molecule has 1 aromatic carbocycles. The van der Waals surface area contributed by atoms with E-state index in [-0.39, 0.29) is 12.0 Å². The van der Waals surface area contributed by atoms with Crippen molar-refractivity contribution in [2.45, 2.75) is 20.0 Å². The Kier molecular flexibility index (Phi) is 4.97. The number of pyridine rings is 1. The molecule has 0 radical (unpaired) electrons. The van der Waals surface area contributed by atoms with Crippen molar-refractivity contribution < 1.29 is 9.53 Å². The van der Waals surface area contributed by atoms with Crippen molar-refractivity contribution in [3.8, 4) is 5.75 Å². The van der Waals surface area contributed by atoms with Crippen LogP contribution < -0.4 is 9.64 Å². The minimum Gasteiger partial charge on any atom is -0.491 e. The molecule has 0 N–H and O–H groups in total. The minimum absolute atomic E-state index is 0.125. The van der Waals surface area contributed by atoms with Crippen LogP contribution >= 0.6 is 24.0 Å². The van der Waals surface area contributed by atoms with Gasteiger partial charge in [0.05, 0.1) is 22.9 Å². The van der Waals surface area contributed by atoms with Crippen LogP contribution in [0.3, 0.4) is 0 Å². The molecule has 1 saturated heterocycles. The van der Waals surface area contributed by atoms with E-state index in [1.807, 2.05) is 50.3 Å². The maximum atomic E-state index is 12.6. The van der Waals surface area contributed by atoms with Gasteiger partial charge >= 0.3 is 0 Å². The molecule has 0 saturated carbocycles. The lowest BCUT2D eigenvalue weighted by Crippen LogP contribution is -2.27. The zero-order valence-corrected chi connectivity index (χ0v) is 14.9. The monoisotopic (exact) mass is 356 g/mol. The van der Waals surface area contributed by atoms with E-state index < -0.39 is 0 Å². The Morgan fingerprint density at radius 3 is 2.62 bits per heavy atom. The summed E-state index contributed by atoms with van der Waals surface area (Å²) < 4.78 is 6.14. The summed E-state index contributed by atoms with van der Waals surface area (Å²) in [6, 6.07) is 11.2. The lowest BCUT2D eigenvalue weighted by atomic mass is 10.2. The molecular weight excluding hydrogens is 340 g/mol. The number of nitrogens with zero attached hydrogens (tertiary/aromatic N) is 2. The normalized spacial score (nSPS) is 16.3. The van der Waals surface area contributed by atoms with Gasteiger partial charge in [0.1, 0.15) is 5.75 Å². The second kappa shape index (κ2) is 7.15. The van der Waals surface area contributed by atoms with Gasteiger partial charge in [0.25, 0.3) is 5.91 Å². The van der Waals surface area contributed by atoms with Crippen LogP contribution in [-0.4, -0.2) is 21.3 Å². The van der Waals surface area contributed by atoms with E-state index in [1.54, 1.807) is 18.5 Å². The maximum Gasteiger partial charge on any atom is 0.270 e. The number of aromatic nitrogens is 1. The molecule has 1 fully saturated rings. The largest absolute Gasteiger partial charge is 0.491 e. The molecule has 2 aromatic rings. The van der Waals surface area contributed by atoms with Crippen molar-refractivity contribution in [2.24, 2.45) is 0 Å². The average Bonchev–Trinajstić information content (AvgIpc) is 2.83. The van der Waals surface area contributed by atoms with Crippen molar-refractivity contribution in [3.63, 3.8) is 0 Å². The Balaban J connectivity index is 1.81. The summed E-state index contributed by atoms with van der Waals surface area (Å²) in [5, 5.41) is 0. The van der Waals surface area contributed by atoms with Gasteiger partial charge in [-0.3, -0.25) is 14.7 Å². The number of thioether (sulfide) groups is 1. The van der Waals surface area contributed by atoms with Crippen LogP contribution in [0.2, 0.25) is 0 Å². The zero-order chi connectivity index (χ0) is 17.1. The van der Waals surface area contributed by atoms with Gasteiger partial charge in [-0.2, -0.15) is 0 Å². The molecule has 0 spiro atoms. The second-order valence-corrected chi connectivity index (χ2v) is 7.14. The number of ether oxygens (including phenoxy) is 1. The molecule has 2 heterocycles. The molecule has 1 aromatic heterocycles. The number of anilines is 1. The highest BCUT2D eigenvalue weighted by Crippen LogP contribution is 2.35. The van der Waals surface area contributed by atoms with E-state index in [4.69, 9.17) is 17.0 Å². The van der Waals surface area contributed by atoms with E-state index in [0.29, 0.717) is 14.9 Å². The number of carbonyl (C=O) groups excluding carboxylic acids is 1. The van der Waals surface area contributed by atoms with Gasteiger partial charge < -0.3 is 4.74 Å². The predicted molar refractivity (Wildman–Crippen MR) is 102 cm³/mol. The molecule has 4 nitrogen and oxygen atoms in total. The van der Waals surface area contributed by atoms with Crippen molar-refractivity contribution in [3.05, 3.63) is 59.3 Å². The quantitative estimate of drug-likeness (QED) is 0.604. The molecular formula is C18H16N2O2S2. The number of rotatable bonds is 4. The van der Waals surface area contributed by atoms with E-state index >= 15 is 0 Å². The SMILES string of the molecule is CC(C)Oc1ccc(C=C2SC(=S)N(c3cccnc3)C2=O)cc1. The first kappa shape index (κ1) is 16.7. The van der Waals surface area contributed by atoms with Gasteiger partial charge in [0.2, 0.25) is 0 Å². The summed E-state index contributed by atoms with van der Waals surface area (Å²) in [4.78, 5) is 18.8. The van der Waals surface area contributed by atoms with Crippen LogP contribution in [-0.2, 0) is 4.79 Å². The van der Waals surface area contributed by atoms with Crippen molar-refractivity contribution in [1.82, 2.24) is 4.98 Å². The molecule has 1 amide bonds. The van der Waals surface area contributed by atoms with E-state index in [2.05, 4.69) is 4.98 Å². The maximum absolute atomic E-state index is 12.6. The molecule has 122 valence electrons. The van der Waals surface area contributed by atoms with Gasteiger partial charge in [-0.25, -0.2) is 0 Å². The predicted octanol–water partition coefficient (Wildman–Crippen LogP) is 4.27. The van der Waals surface area contributed by atoms with Crippen LogP contribution in [0.25, 0.3) is 6.08 Å². The molecule has 1 aliphatic rings. The first-order chi connectivity index (χ1) is 11.5. The zero-order valence-electron chi connectivity index (χ0n) is 13.3. The lowest BCUT2D eigenvalue weighted by molar-refractivity contribution is -0.113. The Morgan fingerprint density at radius 2 is 2.00 bits per heavy atom. The van der Waals surface area contributed by atoms with Gasteiger partial charge in [0, 0.05) is 6.20 Å². The summed E-state index contributed by atoms with van der Waals surface area (Å²) in [5.41, 5.74) is 1.61. The van der Waals surface area contributed by atoms with Crippen LogP contribution in [0.4, 0.5) is 5.69 Å². The molecule has 3 rings (SSSR count). The van der Waals surface area contributed by atoms with E-state index in [1.165, 1.54) is 16.7 Å². The number of amides is 1. The fraction of sp³-hybridized carbons (Fsp3) is 0.167. The van der Waals surface area contributed by atoms with Gasteiger partial charge in [-0.05, 0) is 49.8 Å². The Labute approximate surface area is 150 Å². The van der Waals surface area contributed by atoms with Crippen LogP contribution in [0, 0.1) is 0 Å². The van der Waals surface area contributed by atoms with Crippen molar-refractivity contribution in [2.75, 3.05) is 4.90 Å². The molecule has 0 atom stereocenters. The number of hydrogen-bond donors (Lipinski definition) is 0. The van der Waals surface area contributed by atoms with E-state index in [9.17, 15) is 4.79 Å². The highest BCUT2D eigenvalue weighted by molar-refractivity contribution is 8.27. The highest BCUT2D eigenvalue weighted by Gasteiger charge is 2.33. The Hall–Kier alpha value is -2.18. The highest BCUT2D eigenvalue weighted by atomic mass is 32.2. The smallest absolute Gasteiger partial charge is 0.270 e. The van der Waals surface area contributed by atoms with Crippen LogP contribution in [0.15, 0.2) is 53.7 Å². The summed E-state index contributed by atoms with van der Waals surface area (Å²) >= 11 is 6.64. The van der Waals surface area contributed by atoms with Crippen molar-refractivity contribution >= 4 is 46.0 Å². The minimum atomic E-state index is -0.125. The molecule has 24 heavy (non-hydrogen) atoms. The topological polar surface area (TPSA) is 42.4 Å². The number of thiocarbonyl (C=S) groups is 1. The van der Waals surface area contributed by atoms with E-state index in [0.717, 1.165) is 11.3 Å². The molecule has 0 bridgehead atoms. The molecule has 0 unspecified atom stereocenters. The summed E-state index contributed by atoms with van der Waals surface area (Å²) in [7, 11) is 0.